The molecule has 2 heterocycles. The summed E-state index contributed by atoms with van der Waals surface area (Å²) < 4.78 is 7.44. The number of rotatable bonds is 4. The number of aromatic nitrogens is 2. The van der Waals surface area contributed by atoms with E-state index < -0.39 is 0 Å². The highest BCUT2D eigenvalue weighted by Crippen LogP contribution is 2.29. The minimum absolute atomic E-state index is 0.0483. The van der Waals surface area contributed by atoms with Crippen molar-refractivity contribution in [3.05, 3.63) is 78.3 Å². The number of fused-ring (bicyclic) bond motifs is 1. The van der Waals surface area contributed by atoms with Crippen LogP contribution in [-0.4, -0.2) is 14.9 Å². The molecule has 0 amide bonds. The Morgan fingerprint density at radius 2 is 1.78 bits per heavy atom. The molecule has 0 saturated carbocycles. The fraction of sp³-hybridized carbons (Fsp3) is 0.105. The predicted octanol–water partition coefficient (Wildman–Crippen LogP) is 3.84. The number of nitrogens with zero attached hydrogens (tertiary/aromatic N) is 2. The number of hydrogen-bond donors (Lipinski definition) is 1. The Bertz CT molecular complexity index is 922. The topological polar surface area (TPSA) is 51.2 Å². The minimum Gasteiger partial charge on any atom is -0.467 e. The summed E-state index contributed by atoms with van der Waals surface area (Å²) in [6, 6.07) is 19.9. The molecule has 0 unspecified atom stereocenters. The first-order valence-corrected chi connectivity index (χ1v) is 7.53. The lowest BCUT2D eigenvalue weighted by atomic mass is 10.1. The summed E-state index contributed by atoms with van der Waals surface area (Å²) in [5.74, 6) is 0.867. The molecule has 0 spiro atoms. The van der Waals surface area contributed by atoms with Crippen LogP contribution >= 0.6 is 0 Å². The molecular formula is C19H16N2O2. The fourth-order valence-corrected chi connectivity index (χ4v) is 2.82. The summed E-state index contributed by atoms with van der Waals surface area (Å²) >= 11 is 0. The molecule has 0 radical (unpaired) electrons. The summed E-state index contributed by atoms with van der Waals surface area (Å²) in [4.78, 5) is 0. The van der Waals surface area contributed by atoms with E-state index in [1.807, 2.05) is 59.3 Å². The van der Waals surface area contributed by atoms with Crippen LogP contribution in [0.4, 0.5) is 0 Å². The third kappa shape index (κ3) is 2.53. The van der Waals surface area contributed by atoms with Crippen molar-refractivity contribution in [1.82, 2.24) is 9.78 Å². The van der Waals surface area contributed by atoms with Crippen LogP contribution in [0.5, 0.6) is 0 Å². The summed E-state index contributed by atoms with van der Waals surface area (Å²) in [7, 11) is 0. The van der Waals surface area contributed by atoms with Gasteiger partial charge in [-0.05, 0) is 23.8 Å². The lowest BCUT2D eigenvalue weighted by molar-refractivity contribution is 0.282. The number of aliphatic hydroxyl groups is 1. The van der Waals surface area contributed by atoms with Gasteiger partial charge >= 0.3 is 0 Å². The van der Waals surface area contributed by atoms with Crippen LogP contribution in [0.15, 0.2) is 71.3 Å². The van der Waals surface area contributed by atoms with E-state index in [-0.39, 0.29) is 6.61 Å². The van der Waals surface area contributed by atoms with Crippen molar-refractivity contribution >= 4 is 10.9 Å². The van der Waals surface area contributed by atoms with Crippen LogP contribution < -0.4 is 0 Å². The van der Waals surface area contributed by atoms with Gasteiger partial charge in [-0.25, -0.2) is 0 Å². The Morgan fingerprint density at radius 1 is 0.957 bits per heavy atom. The lowest BCUT2D eigenvalue weighted by Gasteiger charge is -2.07. The second-order valence-corrected chi connectivity index (χ2v) is 5.46. The van der Waals surface area contributed by atoms with Crippen LogP contribution in [0.1, 0.15) is 11.3 Å². The van der Waals surface area contributed by atoms with E-state index in [4.69, 9.17) is 9.52 Å². The van der Waals surface area contributed by atoms with Crippen LogP contribution in [0.25, 0.3) is 22.2 Å². The van der Waals surface area contributed by atoms with Gasteiger partial charge in [-0.1, -0.05) is 42.5 Å². The van der Waals surface area contributed by atoms with Crippen molar-refractivity contribution in [2.75, 3.05) is 0 Å². The number of hydrogen-bond acceptors (Lipinski definition) is 3. The number of furan rings is 1. The Morgan fingerprint density at radius 3 is 2.52 bits per heavy atom. The molecule has 114 valence electrons. The molecule has 0 fully saturated rings. The number of aliphatic hydroxyl groups excluding tert-OH is 1. The monoisotopic (exact) mass is 304 g/mol. The molecule has 4 rings (SSSR count). The van der Waals surface area contributed by atoms with Crippen LogP contribution in [0.2, 0.25) is 0 Å². The predicted molar refractivity (Wildman–Crippen MR) is 88.9 cm³/mol. The first-order chi connectivity index (χ1) is 11.3. The smallest absolute Gasteiger partial charge is 0.125 e. The van der Waals surface area contributed by atoms with Gasteiger partial charge in [0.25, 0.3) is 0 Å². The zero-order valence-electron chi connectivity index (χ0n) is 12.5. The quantitative estimate of drug-likeness (QED) is 0.623. The molecule has 4 heteroatoms. The summed E-state index contributed by atoms with van der Waals surface area (Å²) in [5, 5.41) is 15.0. The SMILES string of the molecule is OCc1ccc(-c2c3ccccc3nn2Cc2ccco2)cc1. The van der Waals surface area contributed by atoms with E-state index >= 15 is 0 Å². The summed E-state index contributed by atoms with van der Waals surface area (Å²) in [6.45, 7) is 0.630. The second-order valence-electron chi connectivity index (χ2n) is 5.46. The zero-order chi connectivity index (χ0) is 15.6. The average molecular weight is 304 g/mol. The van der Waals surface area contributed by atoms with Gasteiger partial charge in [-0.15, -0.1) is 0 Å². The molecule has 2 aromatic carbocycles. The second kappa shape index (κ2) is 5.74. The molecule has 1 N–H and O–H groups in total. The van der Waals surface area contributed by atoms with E-state index in [1.165, 1.54) is 0 Å². The lowest BCUT2D eigenvalue weighted by Crippen LogP contribution is -2.03. The van der Waals surface area contributed by atoms with E-state index in [0.717, 1.165) is 33.5 Å². The van der Waals surface area contributed by atoms with Gasteiger partial charge in [0.05, 0.1) is 30.6 Å². The molecule has 2 aromatic heterocycles. The number of benzene rings is 2. The van der Waals surface area contributed by atoms with Crippen LogP contribution in [-0.2, 0) is 13.2 Å². The Balaban J connectivity index is 1.87. The Hall–Kier alpha value is -2.85. The standard InChI is InChI=1S/C19H16N2O2/c22-13-14-7-9-15(10-8-14)19-17-5-1-2-6-18(17)20-21(19)12-16-4-3-11-23-16/h1-11,22H,12-13H2. The minimum atomic E-state index is 0.0483. The highest BCUT2D eigenvalue weighted by atomic mass is 16.3. The van der Waals surface area contributed by atoms with Gasteiger partial charge in [-0.2, -0.15) is 5.10 Å². The van der Waals surface area contributed by atoms with Crippen LogP contribution in [0, 0.1) is 0 Å². The highest BCUT2D eigenvalue weighted by Gasteiger charge is 2.14. The molecule has 4 nitrogen and oxygen atoms in total. The van der Waals surface area contributed by atoms with E-state index in [1.54, 1.807) is 6.26 Å². The van der Waals surface area contributed by atoms with E-state index in [2.05, 4.69) is 6.07 Å². The maximum absolute atomic E-state index is 9.23. The molecule has 0 aliphatic heterocycles. The van der Waals surface area contributed by atoms with Gasteiger partial charge in [0.2, 0.25) is 0 Å². The van der Waals surface area contributed by atoms with E-state index in [9.17, 15) is 5.11 Å². The van der Waals surface area contributed by atoms with Gasteiger partial charge in [-0.3, -0.25) is 4.68 Å². The maximum atomic E-state index is 9.23. The fourth-order valence-electron chi connectivity index (χ4n) is 2.82. The van der Waals surface area contributed by atoms with Crippen molar-refractivity contribution in [2.45, 2.75) is 13.2 Å². The average Bonchev–Trinajstić information content (AvgIpc) is 3.22. The van der Waals surface area contributed by atoms with Crippen molar-refractivity contribution in [3.8, 4) is 11.3 Å². The molecule has 23 heavy (non-hydrogen) atoms. The van der Waals surface area contributed by atoms with Crippen molar-refractivity contribution < 1.29 is 9.52 Å². The molecule has 0 saturated heterocycles. The molecular weight excluding hydrogens is 288 g/mol. The van der Waals surface area contributed by atoms with Crippen molar-refractivity contribution in [1.29, 1.82) is 0 Å². The molecule has 0 atom stereocenters. The maximum Gasteiger partial charge on any atom is 0.125 e. The highest BCUT2D eigenvalue weighted by molar-refractivity contribution is 5.93. The largest absolute Gasteiger partial charge is 0.467 e. The van der Waals surface area contributed by atoms with Crippen molar-refractivity contribution in [3.63, 3.8) is 0 Å². The Kier molecular flexibility index (Phi) is 3.44. The molecule has 0 bridgehead atoms. The molecule has 4 aromatic rings. The third-order valence-electron chi connectivity index (χ3n) is 3.94. The first kappa shape index (κ1) is 13.8. The normalized spacial score (nSPS) is 11.2. The third-order valence-corrected chi connectivity index (χ3v) is 3.94. The van der Waals surface area contributed by atoms with Crippen LogP contribution in [0.3, 0.4) is 0 Å². The van der Waals surface area contributed by atoms with Gasteiger partial charge in [0.15, 0.2) is 0 Å². The summed E-state index contributed by atoms with van der Waals surface area (Å²) in [6.07, 6.45) is 1.67. The van der Waals surface area contributed by atoms with Crippen molar-refractivity contribution in [2.24, 2.45) is 0 Å². The van der Waals surface area contributed by atoms with Gasteiger partial charge < -0.3 is 9.52 Å². The van der Waals surface area contributed by atoms with E-state index in [0.29, 0.717) is 6.54 Å². The zero-order valence-corrected chi connectivity index (χ0v) is 12.5. The molecule has 0 aliphatic rings. The van der Waals surface area contributed by atoms with Gasteiger partial charge in [0, 0.05) is 10.9 Å². The van der Waals surface area contributed by atoms with Gasteiger partial charge in [0.1, 0.15) is 5.76 Å². The first-order valence-electron chi connectivity index (χ1n) is 7.53. The summed E-state index contributed by atoms with van der Waals surface area (Å²) in [5.41, 5.74) is 3.99. The molecule has 0 aliphatic carbocycles. The Labute approximate surface area is 133 Å².